The third-order valence-corrected chi connectivity index (χ3v) is 5.14. The number of nitrogens with zero attached hydrogens (tertiary/aromatic N) is 2. The number of nitrogens with one attached hydrogen (secondary N) is 1. The Morgan fingerprint density at radius 3 is 2.79 bits per heavy atom. The van der Waals surface area contributed by atoms with E-state index in [-0.39, 0.29) is 6.04 Å². The molecule has 1 unspecified atom stereocenters. The van der Waals surface area contributed by atoms with Crippen LogP contribution >= 0.6 is 27.3 Å². The second kappa shape index (κ2) is 6.45. The Balaban J connectivity index is 2.18. The van der Waals surface area contributed by atoms with Crippen LogP contribution in [0, 0.1) is 6.92 Å². The lowest BCUT2D eigenvalue weighted by molar-refractivity contribution is 0.395. The van der Waals surface area contributed by atoms with E-state index in [0.717, 1.165) is 12.1 Å². The van der Waals surface area contributed by atoms with Gasteiger partial charge in [-0.2, -0.15) is 0 Å². The van der Waals surface area contributed by atoms with Gasteiger partial charge in [0, 0.05) is 29.1 Å². The third kappa shape index (κ3) is 3.52. The summed E-state index contributed by atoms with van der Waals surface area (Å²) in [6.07, 6.45) is 2.35. The number of aryl methyl sites for hydroxylation is 1. The molecule has 2 aromatic heterocycles. The van der Waals surface area contributed by atoms with Gasteiger partial charge >= 0.3 is 0 Å². The van der Waals surface area contributed by atoms with Gasteiger partial charge in [0.15, 0.2) is 0 Å². The molecule has 0 saturated heterocycles. The maximum atomic E-state index is 5.12. The van der Waals surface area contributed by atoms with E-state index in [1.807, 2.05) is 13.1 Å². The van der Waals surface area contributed by atoms with Crippen LogP contribution in [0.4, 0.5) is 0 Å². The van der Waals surface area contributed by atoms with Crippen molar-refractivity contribution in [3.63, 3.8) is 0 Å². The predicted molar refractivity (Wildman–Crippen MR) is 80.8 cm³/mol. The molecular weight excluding hydrogens is 326 g/mol. The van der Waals surface area contributed by atoms with E-state index in [1.54, 1.807) is 18.4 Å². The van der Waals surface area contributed by atoms with E-state index in [9.17, 15) is 0 Å². The molecule has 0 aliphatic carbocycles. The lowest BCUT2D eigenvalue weighted by atomic mass is 10.1. The standard InChI is InChI=1S/C13H16BrN3OS/c1-8-4-11(19-13(8)14)10(15-2)5-9-6-12(18-3)17-7-16-9/h4,6-7,10,15H,5H2,1-3H3. The maximum Gasteiger partial charge on any atom is 0.216 e. The smallest absolute Gasteiger partial charge is 0.216 e. The molecule has 0 bridgehead atoms. The average Bonchev–Trinajstić information content (AvgIpc) is 2.76. The number of thiophene rings is 1. The van der Waals surface area contributed by atoms with Crippen LogP contribution in [0.3, 0.4) is 0 Å². The zero-order valence-corrected chi connectivity index (χ0v) is 13.5. The number of ether oxygens (including phenoxy) is 1. The minimum atomic E-state index is 0.245. The van der Waals surface area contributed by atoms with E-state index in [0.29, 0.717) is 5.88 Å². The second-order valence-corrected chi connectivity index (χ2v) is 6.60. The summed E-state index contributed by atoms with van der Waals surface area (Å²) in [7, 11) is 3.58. The molecule has 2 heterocycles. The Morgan fingerprint density at radius 1 is 1.42 bits per heavy atom. The van der Waals surface area contributed by atoms with E-state index in [4.69, 9.17) is 4.74 Å². The second-order valence-electron chi connectivity index (χ2n) is 4.20. The Kier molecular flexibility index (Phi) is 4.90. The molecule has 0 spiro atoms. The van der Waals surface area contributed by atoms with Crippen molar-refractivity contribution in [2.24, 2.45) is 0 Å². The molecule has 1 atom stereocenters. The fraction of sp³-hybridized carbons (Fsp3) is 0.385. The SMILES string of the molecule is CNC(Cc1cc(OC)ncn1)c1cc(C)c(Br)s1. The Bertz CT molecular complexity index is 539. The fourth-order valence-electron chi connectivity index (χ4n) is 1.81. The lowest BCUT2D eigenvalue weighted by Gasteiger charge is -2.14. The topological polar surface area (TPSA) is 47.0 Å². The molecule has 2 aromatic rings. The summed E-state index contributed by atoms with van der Waals surface area (Å²) in [6.45, 7) is 2.10. The van der Waals surface area contributed by atoms with Crippen LogP contribution in [-0.4, -0.2) is 24.1 Å². The molecule has 0 aromatic carbocycles. The number of likely N-dealkylation sites (N-methyl/N-ethyl adjacent to an activating group) is 1. The molecule has 0 aliphatic heterocycles. The van der Waals surface area contributed by atoms with Crippen molar-refractivity contribution in [1.29, 1.82) is 0 Å². The number of aromatic nitrogens is 2. The van der Waals surface area contributed by atoms with Crippen molar-refractivity contribution < 1.29 is 4.74 Å². The minimum Gasteiger partial charge on any atom is -0.481 e. The molecule has 6 heteroatoms. The van der Waals surface area contributed by atoms with Crippen molar-refractivity contribution in [2.75, 3.05) is 14.2 Å². The van der Waals surface area contributed by atoms with Gasteiger partial charge < -0.3 is 10.1 Å². The van der Waals surface area contributed by atoms with Gasteiger partial charge in [-0.1, -0.05) is 0 Å². The van der Waals surface area contributed by atoms with Crippen molar-refractivity contribution in [2.45, 2.75) is 19.4 Å². The van der Waals surface area contributed by atoms with Crippen LogP contribution in [-0.2, 0) is 6.42 Å². The van der Waals surface area contributed by atoms with Crippen LogP contribution < -0.4 is 10.1 Å². The van der Waals surface area contributed by atoms with Gasteiger partial charge in [-0.3, -0.25) is 0 Å². The van der Waals surface area contributed by atoms with Crippen molar-refractivity contribution in [1.82, 2.24) is 15.3 Å². The molecule has 102 valence electrons. The van der Waals surface area contributed by atoms with Gasteiger partial charge in [0.2, 0.25) is 5.88 Å². The molecule has 0 amide bonds. The molecule has 0 saturated carbocycles. The van der Waals surface area contributed by atoms with Crippen molar-refractivity contribution >= 4 is 27.3 Å². The monoisotopic (exact) mass is 341 g/mol. The normalized spacial score (nSPS) is 12.4. The molecule has 19 heavy (non-hydrogen) atoms. The first-order valence-corrected chi connectivity index (χ1v) is 7.53. The van der Waals surface area contributed by atoms with E-state index >= 15 is 0 Å². The van der Waals surface area contributed by atoms with E-state index in [2.05, 4.69) is 44.2 Å². The zero-order valence-electron chi connectivity index (χ0n) is 11.1. The fourth-order valence-corrected chi connectivity index (χ4v) is 3.49. The molecular formula is C13H16BrN3OS. The lowest BCUT2D eigenvalue weighted by Crippen LogP contribution is -2.18. The highest BCUT2D eigenvalue weighted by atomic mass is 79.9. The highest BCUT2D eigenvalue weighted by Gasteiger charge is 2.15. The quantitative estimate of drug-likeness (QED) is 0.907. The minimum absolute atomic E-state index is 0.245. The molecule has 1 N–H and O–H groups in total. The first-order chi connectivity index (χ1) is 9.13. The summed E-state index contributed by atoms with van der Waals surface area (Å²) in [5.41, 5.74) is 2.23. The molecule has 2 rings (SSSR count). The van der Waals surface area contributed by atoms with Crippen molar-refractivity contribution in [3.8, 4) is 5.88 Å². The van der Waals surface area contributed by atoms with Gasteiger partial charge in [0.05, 0.1) is 10.9 Å². The third-order valence-electron chi connectivity index (χ3n) is 2.89. The summed E-state index contributed by atoms with van der Waals surface area (Å²) < 4.78 is 6.31. The summed E-state index contributed by atoms with van der Waals surface area (Å²) in [5.74, 6) is 0.600. The number of rotatable bonds is 5. The Morgan fingerprint density at radius 2 is 2.21 bits per heavy atom. The first kappa shape index (κ1) is 14.4. The molecule has 0 aliphatic rings. The Hall–Kier alpha value is -0.980. The molecule has 0 fully saturated rings. The number of methoxy groups -OCH3 is 1. The van der Waals surface area contributed by atoms with E-state index < -0.39 is 0 Å². The van der Waals surface area contributed by atoms with Gasteiger partial charge in [-0.05, 0) is 41.5 Å². The highest BCUT2D eigenvalue weighted by molar-refractivity contribution is 9.11. The van der Waals surface area contributed by atoms with Gasteiger partial charge in [-0.15, -0.1) is 11.3 Å². The Labute approximate surface area is 125 Å². The maximum absolute atomic E-state index is 5.12. The van der Waals surface area contributed by atoms with Crippen molar-refractivity contribution in [3.05, 3.63) is 38.4 Å². The van der Waals surface area contributed by atoms with Gasteiger partial charge in [-0.25, -0.2) is 9.97 Å². The van der Waals surface area contributed by atoms with Gasteiger partial charge in [0.1, 0.15) is 6.33 Å². The van der Waals surface area contributed by atoms with Gasteiger partial charge in [0.25, 0.3) is 0 Å². The van der Waals surface area contributed by atoms with Crippen LogP contribution in [0.25, 0.3) is 0 Å². The van der Waals surface area contributed by atoms with Crippen LogP contribution in [0.2, 0.25) is 0 Å². The first-order valence-electron chi connectivity index (χ1n) is 5.92. The van der Waals surface area contributed by atoms with E-state index in [1.165, 1.54) is 20.6 Å². The summed E-state index contributed by atoms with van der Waals surface area (Å²) in [6, 6.07) is 4.32. The summed E-state index contributed by atoms with van der Waals surface area (Å²) >= 11 is 5.32. The molecule has 0 radical (unpaired) electrons. The summed E-state index contributed by atoms with van der Waals surface area (Å²) in [5, 5.41) is 3.33. The highest BCUT2D eigenvalue weighted by Crippen LogP contribution is 2.32. The molecule has 4 nitrogen and oxygen atoms in total. The largest absolute Gasteiger partial charge is 0.481 e. The predicted octanol–water partition coefficient (Wildman–Crippen LogP) is 3.12. The summed E-state index contributed by atoms with van der Waals surface area (Å²) in [4.78, 5) is 9.61. The number of halogens is 1. The number of hydrogen-bond acceptors (Lipinski definition) is 5. The van der Waals surface area contributed by atoms with Crippen LogP contribution in [0.1, 0.15) is 22.2 Å². The van der Waals surface area contributed by atoms with Crippen LogP contribution in [0.15, 0.2) is 22.2 Å². The number of hydrogen-bond donors (Lipinski definition) is 1. The zero-order chi connectivity index (χ0) is 13.8. The average molecular weight is 342 g/mol. The van der Waals surface area contributed by atoms with Crippen LogP contribution in [0.5, 0.6) is 5.88 Å².